The maximum absolute atomic E-state index is 14.7. The average Bonchev–Trinajstić information content (AvgIpc) is 2.91. The van der Waals surface area contributed by atoms with Gasteiger partial charge in [-0.15, -0.1) is 0 Å². The third kappa shape index (κ3) is 7.95. The van der Waals surface area contributed by atoms with Crippen LogP contribution < -0.4 is 4.74 Å². The van der Waals surface area contributed by atoms with Crippen LogP contribution in [0.4, 0.5) is 22.0 Å². The molecule has 1 aromatic carbocycles. The lowest BCUT2D eigenvalue weighted by Gasteiger charge is -2.37. The number of hydrogen-bond donors (Lipinski definition) is 0. The third-order valence-corrected chi connectivity index (χ3v) is 9.08. The number of rotatable bonds is 10. The lowest BCUT2D eigenvalue weighted by molar-refractivity contribution is -0.223. The van der Waals surface area contributed by atoms with Gasteiger partial charge in [-0.25, -0.2) is 13.2 Å². The summed E-state index contributed by atoms with van der Waals surface area (Å²) in [6.07, 6.45) is 15.6. The first-order chi connectivity index (χ1) is 18.2. The topological polar surface area (TPSA) is 18.5 Å². The summed E-state index contributed by atoms with van der Waals surface area (Å²) >= 11 is 0. The molecule has 3 aliphatic rings. The van der Waals surface area contributed by atoms with E-state index in [0.717, 1.165) is 25.4 Å². The lowest BCUT2D eigenvalue weighted by atomic mass is 9.76. The van der Waals surface area contributed by atoms with Crippen molar-refractivity contribution in [2.75, 3.05) is 6.61 Å². The Kier molecular flexibility index (Phi) is 10.5. The molecule has 2 atom stereocenters. The Bertz CT molecular complexity index is 873. The van der Waals surface area contributed by atoms with E-state index in [2.05, 4.69) is 23.8 Å². The van der Waals surface area contributed by atoms with E-state index in [1.54, 1.807) is 0 Å². The molecule has 1 saturated heterocycles. The maximum atomic E-state index is 14.7. The minimum Gasteiger partial charge on any atom is -0.432 e. The summed E-state index contributed by atoms with van der Waals surface area (Å²) in [7, 11) is 0. The number of ether oxygens (including phenoxy) is 2. The first kappa shape index (κ1) is 29.4. The Balaban J connectivity index is 1.15. The monoisotopic (exact) mass is 542 g/mol. The van der Waals surface area contributed by atoms with Crippen molar-refractivity contribution in [2.45, 2.75) is 109 Å². The van der Waals surface area contributed by atoms with Crippen LogP contribution in [0.15, 0.2) is 24.3 Å². The third-order valence-electron chi connectivity index (χ3n) is 9.08. The van der Waals surface area contributed by atoms with Gasteiger partial charge in [0.25, 0.3) is 0 Å². The molecule has 2 nitrogen and oxygen atoms in total. The molecule has 1 aromatic rings. The summed E-state index contributed by atoms with van der Waals surface area (Å²) in [4.78, 5) is 0. The zero-order chi connectivity index (χ0) is 27.1. The second kappa shape index (κ2) is 13.6. The maximum Gasteiger partial charge on any atom is 0.400 e. The molecule has 0 N–H and O–H groups in total. The van der Waals surface area contributed by atoms with E-state index in [1.807, 2.05) is 0 Å². The lowest BCUT2D eigenvalue weighted by Crippen LogP contribution is -2.37. The molecule has 2 unspecified atom stereocenters. The summed E-state index contributed by atoms with van der Waals surface area (Å²) in [5.74, 6) is -4.32. The highest BCUT2D eigenvalue weighted by Crippen LogP contribution is 2.42. The van der Waals surface area contributed by atoms with Crippen LogP contribution in [0.1, 0.15) is 96.8 Å². The highest BCUT2D eigenvalue weighted by atomic mass is 19.3. The van der Waals surface area contributed by atoms with Gasteiger partial charge in [-0.05, 0) is 94.3 Å². The number of allylic oxidation sites excluding steroid dienone is 2. The molecule has 2 aliphatic carbocycles. The van der Waals surface area contributed by atoms with Crippen LogP contribution in [0, 0.1) is 47.0 Å². The van der Waals surface area contributed by atoms with Crippen molar-refractivity contribution in [2.24, 2.45) is 29.6 Å². The molecule has 0 aromatic heterocycles. The van der Waals surface area contributed by atoms with E-state index in [4.69, 9.17) is 4.74 Å². The fourth-order valence-corrected chi connectivity index (χ4v) is 6.61. The minimum atomic E-state index is -3.57. The highest BCUT2D eigenvalue weighted by molar-refractivity contribution is 5.25. The van der Waals surface area contributed by atoms with E-state index in [9.17, 15) is 22.0 Å². The van der Waals surface area contributed by atoms with Crippen molar-refractivity contribution in [3.8, 4) is 5.75 Å². The van der Waals surface area contributed by atoms with Crippen molar-refractivity contribution in [3.63, 3.8) is 0 Å². The van der Waals surface area contributed by atoms with Gasteiger partial charge < -0.3 is 9.47 Å². The summed E-state index contributed by atoms with van der Waals surface area (Å²) in [5, 5.41) is 0. The summed E-state index contributed by atoms with van der Waals surface area (Å²) in [6, 6.07) is 0.919. The van der Waals surface area contributed by atoms with Crippen LogP contribution in [0.3, 0.4) is 0 Å². The fraction of sp³-hybridized carbons (Fsp3) is 0.742. The fourth-order valence-electron chi connectivity index (χ4n) is 6.61. The van der Waals surface area contributed by atoms with Gasteiger partial charge in [0.2, 0.25) is 0 Å². The zero-order valence-electron chi connectivity index (χ0n) is 22.6. The Morgan fingerprint density at radius 3 is 2.00 bits per heavy atom. The molecule has 3 fully saturated rings. The molecular formula is C31H43F5O2. The van der Waals surface area contributed by atoms with Crippen molar-refractivity contribution < 1.29 is 31.4 Å². The second-order valence-electron chi connectivity index (χ2n) is 11.8. The number of unbranched alkanes of at least 4 members (excludes halogenated alkanes) is 2. The summed E-state index contributed by atoms with van der Waals surface area (Å²) in [6.45, 7) is 3.17. The zero-order valence-corrected chi connectivity index (χ0v) is 22.6. The predicted molar refractivity (Wildman–Crippen MR) is 139 cm³/mol. The highest BCUT2D eigenvalue weighted by Gasteiger charge is 2.44. The predicted octanol–water partition coefficient (Wildman–Crippen LogP) is 9.62. The molecule has 1 heterocycles. The van der Waals surface area contributed by atoms with Gasteiger partial charge >= 0.3 is 6.11 Å². The van der Waals surface area contributed by atoms with Gasteiger partial charge in [-0.1, -0.05) is 38.3 Å². The SMILES string of the molecule is CCCCCC1CCC(C2CCC(/C=C/C3CCC(C(F)(F)Oc4cc(F)c(F)c(F)c4)CC3)CC2)OC1. The molecule has 1 aliphatic heterocycles. The summed E-state index contributed by atoms with van der Waals surface area (Å²) < 4.78 is 80.1. The Labute approximate surface area is 224 Å². The Hall–Kier alpha value is -1.63. The molecular weight excluding hydrogens is 499 g/mol. The van der Waals surface area contributed by atoms with Crippen LogP contribution in [-0.2, 0) is 4.74 Å². The van der Waals surface area contributed by atoms with Crippen LogP contribution in [0.25, 0.3) is 0 Å². The smallest absolute Gasteiger partial charge is 0.400 e. The van der Waals surface area contributed by atoms with Crippen LogP contribution in [-0.4, -0.2) is 18.8 Å². The second-order valence-corrected chi connectivity index (χ2v) is 11.8. The first-order valence-electron chi connectivity index (χ1n) is 14.8. The number of hydrogen-bond acceptors (Lipinski definition) is 2. The average molecular weight is 543 g/mol. The van der Waals surface area contributed by atoms with Crippen molar-refractivity contribution >= 4 is 0 Å². The van der Waals surface area contributed by atoms with Crippen LogP contribution >= 0.6 is 0 Å². The molecule has 0 bridgehead atoms. The van der Waals surface area contributed by atoms with Crippen molar-refractivity contribution in [1.29, 1.82) is 0 Å². The van der Waals surface area contributed by atoms with Gasteiger partial charge in [0.05, 0.1) is 12.0 Å². The van der Waals surface area contributed by atoms with Gasteiger partial charge in [0, 0.05) is 18.7 Å². The van der Waals surface area contributed by atoms with Crippen LogP contribution in [0.5, 0.6) is 5.75 Å². The van der Waals surface area contributed by atoms with E-state index in [0.29, 0.717) is 42.9 Å². The Morgan fingerprint density at radius 2 is 1.45 bits per heavy atom. The molecule has 0 radical (unpaired) electrons. The molecule has 7 heteroatoms. The van der Waals surface area contributed by atoms with Gasteiger partial charge in [-0.2, -0.15) is 8.78 Å². The van der Waals surface area contributed by atoms with Crippen molar-refractivity contribution in [1.82, 2.24) is 0 Å². The quantitative estimate of drug-likeness (QED) is 0.127. The normalized spacial score (nSPS) is 31.0. The summed E-state index contributed by atoms with van der Waals surface area (Å²) in [5.41, 5.74) is 0. The Morgan fingerprint density at radius 1 is 0.842 bits per heavy atom. The van der Waals surface area contributed by atoms with E-state index in [1.165, 1.54) is 51.4 Å². The number of halogens is 5. The molecule has 0 amide bonds. The first-order valence-corrected chi connectivity index (χ1v) is 14.8. The van der Waals surface area contributed by atoms with E-state index < -0.39 is 35.2 Å². The van der Waals surface area contributed by atoms with E-state index >= 15 is 0 Å². The molecule has 4 rings (SSSR count). The van der Waals surface area contributed by atoms with Gasteiger partial charge in [0.1, 0.15) is 5.75 Å². The minimum absolute atomic E-state index is 0.256. The van der Waals surface area contributed by atoms with Gasteiger partial charge in [-0.3, -0.25) is 0 Å². The standard InChI is InChI=1S/C31H43F5O2/c1-2-3-4-5-23-12-17-29(37-20-23)24-13-8-21(9-14-24)6-7-22-10-15-25(16-11-22)31(35,36)38-26-18-27(32)30(34)28(33)19-26/h6-7,18-19,21-25,29H,2-5,8-17,20H2,1H3/b7-6+. The number of benzene rings is 1. The largest absolute Gasteiger partial charge is 0.432 e. The van der Waals surface area contributed by atoms with Crippen LogP contribution in [0.2, 0.25) is 0 Å². The number of alkyl halides is 2. The van der Waals surface area contributed by atoms with Gasteiger partial charge in [0.15, 0.2) is 17.5 Å². The van der Waals surface area contributed by atoms with Crippen molar-refractivity contribution in [3.05, 3.63) is 41.7 Å². The van der Waals surface area contributed by atoms with E-state index in [-0.39, 0.29) is 18.8 Å². The molecule has 38 heavy (non-hydrogen) atoms. The molecule has 0 spiro atoms. The molecule has 2 saturated carbocycles. The molecule has 214 valence electrons.